The van der Waals surface area contributed by atoms with Crippen molar-refractivity contribution in [1.82, 2.24) is 9.88 Å². The summed E-state index contributed by atoms with van der Waals surface area (Å²) in [6, 6.07) is 6.23. The predicted octanol–water partition coefficient (Wildman–Crippen LogP) is 6.14. The van der Waals surface area contributed by atoms with Crippen molar-refractivity contribution in [2.45, 2.75) is 84.5 Å². The lowest BCUT2D eigenvalue weighted by Gasteiger charge is -2.36. The van der Waals surface area contributed by atoms with E-state index in [1.165, 1.54) is 17.7 Å². The molecule has 1 saturated heterocycles. The highest BCUT2D eigenvalue weighted by atomic mass is 19.1. The number of aryl methyl sites for hydroxylation is 2. The van der Waals surface area contributed by atoms with Gasteiger partial charge >= 0.3 is 5.97 Å². The molecule has 3 aliphatic rings. The summed E-state index contributed by atoms with van der Waals surface area (Å²) in [6.45, 7) is 10.2. The van der Waals surface area contributed by atoms with Gasteiger partial charge in [-0.3, -0.25) is 4.79 Å². The van der Waals surface area contributed by atoms with Crippen LogP contribution in [0, 0.1) is 24.1 Å². The number of benzene rings is 1. The van der Waals surface area contributed by atoms with Crippen LogP contribution in [0.5, 0.6) is 5.75 Å². The fourth-order valence-electron chi connectivity index (χ4n) is 6.64. The third-order valence-corrected chi connectivity index (χ3v) is 8.95. The van der Waals surface area contributed by atoms with Gasteiger partial charge in [0.1, 0.15) is 17.4 Å². The number of rotatable bonds is 9. The van der Waals surface area contributed by atoms with Crippen molar-refractivity contribution < 1.29 is 19.0 Å². The molecule has 212 valence electrons. The lowest BCUT2D eigenvalue weighted by molar-refractivity contribution is -0.140. The molecule has 3 aliphatic heterocycles. The molecule has 7 heteroatoms. The molecule has 1 atom stereocenters. The maximum atomic E-state index is 15.4. The normalized spacial score (nSPS) is 19.9. The lowest BCUT2D eigenvalue weighted by atomic mass is 9.76. The first-order valence-electron chi connectivity index (χ1n) is 14.8. The Morgan fingerprint density at radius 3 is 2.82 bits per heavy atom. The van der Waals surface area contributed by atoms with Crippen LogP contribution < -0.4 is 10.1 Å². The number of carboxylic acid groups (broad SMARTS) is 1. The Morgan fingerprint density at radius 1 is 1.26 bits per heavy atom. The number of aromatic nitrogens is 1. The molecule has 0 unspecified atom stereocenters. The summed E-state index contributed by atoms with van der Waals surface area (Å²) in [5.41, 5.74) is 4.02. The molecule has 1 aromatic carbocycles. The number of hydrogen-bond donors (Lipinski definition) is 2. The molecule has 4 heterocycles. The van der Waals surface area contributed by atoms with Gasteiger partial charge in [0, 0.05) is 23.2 Å². The van der Waals surface area contributed by atoms with Gasteiger partial charge in [0.05, 0.1) is 12.5 Å². The molecule has 2 aromatic rings. The van der Waals surface area contributed by atoms with Crippen molar-refractivity contribution in [3.63, 3.8) is 0 Å². The van der Waals surface area contributed by atoms with E-state index in [0.717, 1.165) is 76.9 Å². The van der Waals surface area contributed by atoms with Crippen molar-refractivity contribution in [3.8, 4) is 5.75 Å². The molecule has 39 heavy (non-hydrogen) atoms. The van der Waals surface area contributed by atoms with E-state index in [1.807, 2.05) is 6.07 Å². The molecule has 0 aliphatic carbocycles. The van der Waals surface area contributed by atoms with Crippen LogP contribution in [0.15, 0.2) is 18.2 Å². The van der Waals surface area contributed by atoms with Crippen molar-refractivity contribution in [3.05, 3.63) is 52.0 Å². The second-order valence-corrected chi connectivity index (χ2v) is 12.7. The number of ether oxygens (including phenoxy) is 1. The number of likely N-dealkylation sites (tertiary alicyclic amines) is 1. The molecular formula is C32H44FN3O3. The fourth-order valence-corrected chi connectivity index (χ4v) is 6.64. The Balaban J connectivity index is 1.11. The maximum absolute atomic E-state index is 15.4. The molecule has 0 spiro atoms. The second-order valence-electron chi connectivity index (χ2n) is 12.7. The highest BCUT2D eigenvalue weighted by Crippen LogP contribution is 2.42. The fraction of sp³-hybridized carbons (Fsp3) is 0.625. The Hall–Kier alpha value is -2.67. The van der Waals surface area contributed by atoms with Crippen molar-refractivity contribution in [2.75, 3.05) is 38.1 Å². The summed E-state index contributed by atoms with van der Waals surface area (Å²) in [5, 5.41) is 13.6. The van der Waals surface area contributed by atoms with Gasteiger partial charge in [-0.2, -0.15) is 0 Å². The molecular weight excluding hydrogens is 493 g/mol. The zero-order valence-electron chi connectivity index (χ0n) is 23.8. The van der Waals surface area contributed by atoms with Crippen molar-refractivity contribution >= 4 is 11.8 Å². The Bertz CT molecular complexity index is 1190. The highest BCUT2D eigenvalue weighted by molar-refractivity contribution is 5.77. The van der Waals surface area contributed by atoms with E-state index in [2.05, 4.69) is 36.2 Å². The highest BCUT2D eigenvalue weighted by Gasteiger charge is 2.37. The molecule has 1 fully saturated rings. The summed E-state index contributed by atoms with van der Waals surface area (Å²) < 4.78 is 21.4. The molecule has 0 bridgehead atoms. The number of unbranched alkanes of at least 4 members (excludes halogenated alkanes) is 2. The van der Waals surface area contributed by atoms with Gasteiger partial charge in [0.15, 0.2) is 0 Å². The van der Waals surface area contributed by atoms with Crippen molar-refractivity contribution in [2.24, 2.45) is 11.3 Å². The second kappa shape index (κ2) is 11.8. The topological polar surface area (TPSA) is 74.7 Å². The number of anilines is 1. The van der Waals surface area contributed by atoms with E-state index in [9.17, 15) is 9.90 Å². The zero-order chi connectivity index (χ0) is 27.6. The summed E-state index contributed by atoms with van der Waals surface area (Å²) in [4.78, 5) is 19.7. The van der Waals surface area contributed by atoms with E-state index in [4.69, 9.17) is 9.72 Å². The van der Waals surface area contributed by atoms with E-state index in [1.54, 1.807) is 6.92 Å². The predicted molar refractivity (Wildman–Crippen MR) is 152 cm³/mol. The average molecular weight is 538 g/mol. The monoisotopic (exact) mass is 537 g/mol. The Labute approximate surface area is 232 Å². The van der Waals surface area contributed by atoms with Crippen molar-refractivity contribution in [1.29, 1.82) is 0 Å². The SMILES string of the molecule is Cc1c([C@@H](C(=O)O)C2CCN(CCCCCc3ccc4c(n3)NCCC4)CC2)cc2c(c1F)CC(C)(C)CO2. The van der Waals surface area contributed by atoms with Gasteiger partial charge in [-0.25, -0.2) is 9.37 Å². The molecule has 2 N–H and O–H groups in total. The number of pyridine rings is 1. The first kappa shape index (κ1) is 27.9. The van der Waals surface area contributed by atoms with Crippen LogP contribution in [0.2, 0.25) is 0 Å². The van der Waals surface area contributed by atoms with Gasteiger partial charge in [0.25, 0.3) is 0 Å². The Morgan fingerprint density at radius 2 is 2.05 bits per heavy atom. The molecule has 5 rings (SSSR count). The first-order valence-corrected chi connectivity index (χ1v) is 14.8. The van der Waals surface area contributed by atoms with Gasteiger partial charge < -0.3 is 20.1 Å². The number of carboxylic acids is 1. The molecule has 0 radical (unpaired) electrons. The number of piperidine rings is 1. The minimum absolute atomic E-state index is 0.00127. The van der Waals surface area contributed by atoms with E-state index >= 15 is 4.39 Å². The van der Waals surface area contributed by atoms with Gasteiger partial charge in [0.2, 0.25) is 0 Å². The summed E-state index contributed by atoms with van der Waals surface area (Å²) in [5.74, 6) is -0.259. The van der Waals surface area contributed by atoms with Crippen LogP contribution in [0.4, 0.5) is 10.2 Å². The van der Waals surface area contributed by atoms with E-state index < -0.39 is 11.9 Å². The van der Waals surface area contributed by atoms with Crippen LogP contribution in [0.3, 0.4) is 0 Å². The van der Waals surface area contributed by atoms with Gasteiger partial charge in [-0.15, -0.1) is 0 Å². The minimum Gasteiger partial charge on any atom is -0.493 e. The average Bonchev–Trinajstić information content (AvgIpc) is 2.92. The van der Waals surface area contributed by atoms with E-state index in [0.29, 0.717) is 35.5 Å². The van der Waals surface area contributed by atoms with Crippen LogP contribution in [-0.4, -0.2) is 53.7 Å². The molecule has 6 nitrogen and oxygen atoms in total. The minimum atomic E-state index is -0.863. The number of hydrogen-bond acceptors (Lipinski definition) is 5. The zero-order valence-corrected chi connectivity index (χ0v) is 23.8. The molecule has 1 aromatic heterocycles. The first-order chi connectivity index (χ1) is 18.7. The third-order valence-electron chi connectivity index (χ3n) is 8.95. The van der Waals surface area contributed by atoms with Crippen LogP contribution in [0.1, 0.15) is 86.2 Å². The molecule has 0 saturated carbocycles. The van der Waals surface area contributed by atoms with Crippen LogP contribution in [-0.2, 0) is 24.1 Å². The molecule has 0 amide bonds. The summed E-state index contributed by atoms with van der Waals surface area (Å²) in [7, 11) is 0. The standard InChI is InChI=1S/C32H44FN3O3/c1-21-25(18-27-26(29(21)33)19-32(2,3)20-39-27)28(31(37)38)22-12-16-36(17-13-22)15-6-4-5-9-24-11-10-23-8-7-14-34-30(23)35-24/h10-11,18,22,28H,4-9,12-17,19-20H2,1-3H3,(H,34,35)(H,37,38)/t28-/m0/s1. The summed E-state index contributed by atoms with van der Waals surface area (Å²) >= 11 is 0. The largest absolute Gasteiger partial charge is 0.493 e. The lowest BCUT2D eigenvalue weighted by Crippen LogP contribution is -2.38. The number of carbonyl (C=O) groups is 1. The van der Waals surface area contributed by atoms with Gasteiger partial charge in [-0.05, 0) is 113 Å². The number of fused-ring (bicyclic) bond motifs is 2. The van der Waals surface area contributed by atoms with Crippen LogP contribution in [0.25, 0.3) is 0 Å². The summed E-state index contributed by atoms with van der Waals surface area (Å²) in [6.07, 6.45) is 8.98. The Kier molecular flexibility index (Phi) is 8.46. The number of nitrogens with zero attached hydrogens (tertiary/aromatic N) is 2. The maximum Gasteiger partial charge on any atom is 0.311 e. The van der Waals surface area contributed by atoms with E-state index in [-0.39, 0.29) is 17.2 Å². The quantitative estimate of drug-likeness (QED) is 0.374. The smallest absolute Gasteiger partial charge is 0.311 e. The number of halogens is 1. The van der Waals surface area contributed by atoms with Gasteiger partial charge in [-0.1, -0.05) is 26.3 Å². The third kappa shape index (κ3) is 6.40. The number of nitrogens with one attached hydrogen (secondary N) is 1. The van der Waals surface area contributed by atoms with Crippen LogP contribution >= 0.6 is 0 Å². The number of aliphatic carboxylic acids is 1.